The van der Waals surface area contributed by atoms with Crippen molar-refractivity contribution in [3.8, 4) is 6.07 Å². The summed E-state index contributed by atoms with van der Waals surface area (Å²) in [6, 6.07) is -3.84. The third-order valence-corrected chi connectivity index (χ3v) is 5.14. The van der Waals surface area contributed by atoms with Gasteiger partial charge in [-0.3, -0.25) is 4.79 Å². The second-order valence-electron chi connectivity index (χ2n) is 8.18. The van der Waals surface area contributed by atoms with Crippen LogP contribution in [-0.2, 0) is 21.6 Å². The molecule has 1 aliphatic carbocycles. The molecule has 0 saturated heterocycles. The molecule has 160 valence electrons. The first kappa shape index (κ1) is 21.9. The minimum Gasteiger partial charge on any atom is -0.444 e. The predicted octanol–water partition coefficient (Wildman–Crippen LogP) is 1.27. The summed E-state index contributed by atoms with van der Waals surface area (Å²) >= 11 is 0. The molecule has 1 atom stereocenters. The number of ether oxygens (including phenoxy) is 1. The van der Waals surface area contributed by atoms with E-state index in [0.29, 0.717) is 12.5 Å². The number of hydrogen-bond donors (Lipinski definition) is 5. The van der Waals surface area contributed by atoms with Crippen LogP contribution < -0.4 is 5.73 Å². The lowest BCUT2D eigenvalue weighted by Gasteiger charge is -2.37. The van der Waals surface area contributed by atoms with Gasteiger partial charge in [-0.2, -0.15) is 14.0 Å². The van der Waals surface area contributed by atoms with E-state index in [1.165, 1.54) is 0 Å². The third-order valence-electron chi connectivity index (χ3n) is 5.14. The van der Waals surface area contributed by atoms with Crippen LogP contribution in [0.15, 0.2) is 41.0 Å². The van der Waals surface area contributed by atoms with Crippen molar-refractivity contribution in [2.75, 3.05) is 0 Å². The molecule has 1 unspecified atom stereocenters. The average molecular weight is 422 g/mol. The van der Waals surface area contributed by atoms with E-state index in [-0.39, 0.29) is 40.6 Å². The van der Waals surface area contributed by atoms with E-state index < -0.39 is 34.5 Å². The molecular weight excluding hydrogens is 402 g/mol. The van der Waals surface area contributed by atoms with E-state index >= 15 is 0 Å². The van der Waals surface area contributed by atoms with Gasteiger partial charge in [-0.15, -0.1) is 0 Å². The summed E-state index contributed by atoms with van der Waals surface area (Å²) < 4.78 is 33.1. The van der Waals surface area contributed by atoms with Crippen LogP contribution in [0.5, 0.6) is 0 Å². The maximum atomic E-state index is 13.9. The molecule has 0 bridgehead atoms. The van der Waals surface area contributed by atoms with Crippen LogP contribution >= 0.6 is 0 Å². The molecule has 0 aromatic heterocycles. The largest absolute Gasteiger partial charge is 0.444 e. The van der Waals surface area contributed by atoms with Gasteiger partial charge >= 0.3 is 12.1 Å². The fourth-order valence-corrected chi connectivity index (χ4v) is 3.90. The van der Waals surface area contributed by atoms with Gasteiger partial charge in [0.2, 0.25) is 5.88 Å². The first-order valence-electron chi connectivity index (χ1n) is 8.92. The van der Waals surface area contributed by atoms with Crippen molar-refractivity contribution in [2.24, 2.45) is 11.1 Å². The lowest BCUT2D eigenvalue weighted by atomic mass is 9.70. The molecule has 30 heavy (non-hydrogen) atoms. The van der Waals surface area contributed by atoms with Gasteiger partial charge in [0.25, 0.3) is 0 Å². The second kappa shape index (κ2) is 6.85. The van der Waals surface area contributed by atoms with Gasteiger partial charge in [-0.05, 0) is 23.1 Å². The van der Waals surface area contributed by atoms with E-state index in [2.05, 4.69) is 0 Å². The van der Waals surface area contributed by atoms with Gasteiger partial charge in [0.05, 0.1) is 17.0 Å². The van der Waals surface area contributed by atoms with E-state index in [0.717, 1.165) is 12.1 Å². The molecule has 1 heterocycles. The fourth-order valence-electron chi connectivity index (χ4n) is 3.90. The van der Waals surface area contributed by atoms with Crippen LogP contribution in [0.2, 0.25) is 0 Å². The van der Waals surface area contributed by atoms with E-state index in [1.54, 1.807) is 0 Å². The molecule has 2 aliphatic rings. The molecule has 0 fully saturated rings. The Bertz CT molecular complexity index is 1030. The standard InChI is InChI=1S/C20H20F2N2O6/c1-18(2)6-13(25)16-14(7-18)30-17(24)10(8-23)15(16)9-3-4-11(19(21,26)27)12(5-9)20(22,28)29/h3-5,15,26-29H,6-7,24H2,1-2H3. The molecule has 1 aromatic rings. The van der Waals surface area contributed by atoms with Crippen molar-refractivity contribution in [3.05, 3.63) is 57.7 Å². The number of nitrogens with zero attached hydrogens (tertiary/aromatic N) is 1. The number of allylic oxidation sites excluding steroid dienone is 3. The molecule has 10 heteroatoms. The van der Waals surface area contributed by atoms with Crippen molar-refractivity contribution in [3.63, 3.8) is 0 Å². The average Bonchev–Trinajstić information content (AvgIpc) is 2.57. The Hall–Kier alpha value is -2.84. The number of halogens is 2. The number of benzene rings is 1. The number of carbonyl (C=O) groups excluding carboxylic acids is 1. The maximum absolute atomic E-state index is 13.9. The van der Waals surface area contributed by atoms with Crippen LogP contribution in [0.1, 0.15) is 49.3 Å². The van der Waals surface area contributed by atoms with E-state index in [9.17, 15) is 39.3 Å². The predicted molar refractivity (Wildman–Crippen MR) is 96.6 cm³/mol. The maximum Gasteiger partial charge on any atom is 0.344 e. The summed E-state index contributed by atoms with van der Waals surface area (Å²) in [5, 5.41) is 46.7. The Kier molecular flexibility index (Phi) is 4.99. The number of aliphatic hydroxyl groups is 4. The minimum atomic E-state index is -4.14. The van der Waals surface area contributed by atoms with Gasteiger partial charge in [0.1, 0.15) is 17.4 Å². The van der Waals surface area contributed by atoms with E-state index in [1.807, 2.05) is 19.9 Å². The van der Waals surface area contributed by atoms with Gasteiger partial charge in [0, 0.05) is 18.4 Å². The van der Waals surface area contributed by atoms with Gasteiger partial charge in [-0.25, -0.2) is 0 Å². The summed E-state index contributed by atoms with van der Waals surface area (Å²) in [7, 11) is 0. The van der Waals surface area contributed by atoms with Crippen molar-refractivity contribution < 1.29 is 38.7 Å². The van der Waals surface area contributed by atoms with Gasteiger partial charge < -0.3 is 30.9 Å². The molecule has 0 amide bonds. The summed E-state index contributed by atoms with van der Waals surface area (Å²) in [5.74, 6) is -1.54. The minimum absolute atomic E-state index is 0.0218. The Labute approximate surface area is 170 Å². The third kappa shape index (κ3) is 3.80. The quantitative estimate of drug-likeness (QED) is 0.456. The summed E-state index contributed by atoms with van der Waals surface area (Å²) in [4.78, 5) is 12.9. The first-order valence-corrected chi connectivity index (χ1v) is 8.92. The highest BCUT2D eigenvalue weighted by atomic mass is 19.2. The molecule has 8 nitrogen and oxygen atoms in total. The molecule has 6 N–H and O–H groups in total. The Morgan fingerprint density at radius 2 is 1.77 bits per heavy atom. The zero-order chi connectivity index (χ0) is 22.6. The zero-order valence-corrected chi connectivity index (χ0v) is 16.1. The summed E-state index contributed by atoms with van der Waals surface area (Å²) in [5.41, 5.74) is 2.94. The molecule has 1 aromatic carbocycles. The molecule has 0 saturated carbocycles. The van der Waals surface area contributed by atoms with Crippen molar-refractivity contribution in [1.82, 2.24) is 0 Å². The summed E-state index contributed by atoms with van der Waals surface area (Å²) in [6.45, 7) is 3.69. The number of ketones is 1. The Balaban J connectivity index is 2.26. The summed E-state index contributed by atoms with van der Waals surface area (Å²) in [6.07, 6.45) is 0.450. The zero-order valence-electron chi connectivity index (χ0n) is 16.1. The number of nitrogens with two attached hydrogens (primary N) is 1. The highest BCUT2D eigenvalue weighted by Gasteiger charge is 2.44. The highest BCUT2D eigenvalue weighted by molar-refractivity contribution is 6.00. The molecular formula is C20H20F2N2O6. The molecule has 1 aliphatic heterocycles. The van der Waals surface area contributed by atoms with Crippen molar-refractivity contribution in [1.29, 1.82) is 5.26 Å². The van der Waals surface area contributed by atoms with Gasteiger partial charge in [0.15, 0.2) is 5.78 Å². The van der Waals surface area contributed by atoms with Crippen LogP contribution in [0.3, 0.4) is 0 Å². The number of nitriles is 1. The lowest BCUT2D eigenvalue weighted by Crippen LogP contribution is -2.34. The number of rotatable bonds is 3. The van der Waals surface area contributed by atoms with Crippen LogP contribution in [0.25, 0.3) is 0 Å². The second-order valence-corrected chi connectivity index (χ2v) is 8.18. The Morgan fingerprint density at radius 3 is 2.30 bits per heavy atom. The lowest BCUT2D eigenvalue weighted by molar-refractivity contribution is -0.290. The van der Waals surface area contributed by atoms with Crippen LogP contribution in [-0.4, -0.2) is 26.2 Å². The number of carbonyl (C=O) groups is 1. The number of hydrogen-bond acceptors (Lipinski definition) is 8. The highest BCUT2D eigenvalue weighted by Crippen LogP contribution is 2.48. The monoisotopic (exact) mass is 422 g/mol. The normalized spacial score (nSPS) is 21.8. The smallest absolute Gasteiger partial charge is 0.344 e. The molecule has 0 spiro atoms. The van der Waals surface area contributed by atoms with Gasteiger partial charge in [-0.1, -0.05) is 19.9 Å². The SMILES string of the molecule is CC1(C)CC(=O)C2=C(C1)OC(N)=C(C#N)C2c1ccc(C(O)(O)F)c(C(O)(O)F)c1. The topological polar surface area (TPSA) is 157 Å². The fraction of sp³-hybridized carbons (Fsp3) is 0.400. The number of Topliss-reactive ketones (excluding diaryl/α,β-unsaturated/α-hetero) is 1. The first-order chi connectivity index (χ1) is 13.7. The van der Waals surface area contributed by atoms with Crippen LogP contribution in [0, 0.1) is 16.7 Å². The van der Waals surface area contributed by atoms with Crippen molar-refractivity contribution in [2.45, 2.75) is 44.7 Å². The Morgan fingerprint density at radius 1 is 1.17 bits per heavy atom. The van der Waals surface area contributed by atoms with Crippen molar-refractivity contribution >= 4 is 5.78 Å². The van der Waals surface area contributed by atoms with Crippen LogP contribution in [0.4, 0.5) is 8.78 Å². The molecule has 3 rings (SSSR count). The molecule has 0 radical (unpaired) electrons. The number of alkyl halides is 2. The van der Waals surface area contributed by atoms with E-state index in [4.69, 9.17) is 10.5 Å².